The molecule has 1 rings (SSSR count). The van der Waals surface area contributed by atoms with Crippen LogP contribution in [0.5, 0.6) is 0 Å². The van der Waals surface area contributed by atoms with Gasteiger partial charge >= 0.3 is 0 Å². The molecule has 11 heavy (non-hydrogen) atoms. The molecule has 0 spiro atoms. The van der Waals surface area contributed by atoms with Gasteiger partial charge in [0.1, 0.15) is 6.17 Å². The molecule has 0 bridgehead atoms. The Hall–Kier alpha value is -0.250. The minimum atomic E-state index is -2.38. The summed E-state index contributed by atoms with van der Waals surface area (Å²) in [5, 5.41) is 0. The number of hydrogen-bond acceptors (Lipinski definition) is 1. The third-order valence-electron chi connectivity index (χ3n) is 1.74. The summed E-state index contributed by atoms with van der Waals surface area (Å²) in [4.78, 5) is 0. The van der Waals surface area contributed by atoms with Gasteiger partial charge in [0.25, 0.3) is 0 Å². The Morgan fingerprint density at radius 1 is 1.45 bits per heavy atom. The van der Waals surface area contributed by atoms with Crippen LogP contribution in [-0.2, 0) is 4.74 Å². The van der Waals surface area contributed by atoms with E-state index in [1.807, 2.05) is 0 Å². The first-order valence-corrected chi connectivity index (χ1v) is 3.72. The maximum atomic E-state index is 12.6. The largest absolute Gasteiger partial charge is 0.378 e. The fourth-order valence-electron chi connectivity index (χ4n) is 1.20. The Labute approximate surface area is 63.5 Å². The number of alkyl halides is 3. The molecule has 2 atom stereocenters. The third-order valence-corrected chi connectivity index (χ3v) is 1.74. The lowest BCUT2D eigenvalue weighted by molar-refractivity contribution is -0.0471. The lowest BCUT2D eigenvalue weighted by Gasteiger charge is -2.24. The molecule has 0 radical (unpaired) electrons. The minimum absolute atomic E-state index is 0.129. The van der Waals surface area contributed by atoms with Gasteiger partial charge in [-0.05, 0) is 0 Å². The fraction of sp³-hybridized carbons (Fsp3) is 1.00. The van der Waals surface area contributed by atoms with Crippen molar-refractivity contribution in [3.63, 3.8) is 0 Å². The van der Waals surface area contributed by atoms with Crippen molar-refractivity contribution in [1.82, 2.24) is 0 Å². The maximum absolute atomic E-state index is 12.6. The van der Waals surface area contributed by atoms with E-state index in [-0.39, 0.29) is 19.4 Å². The van der Waals surface area contributed by atoms with Crippen molar-refractivity contribution < 1.29 is 17.9 Å². The molecule has 0 N–H and O–H groups in total. The van der Waals surface area contributed by atoms with Crippen LogP contribution < -0.4 is 0 Å². The Morgan fingerprint density at radius 3 is 2.73 bits per heavy atom. The van der Waals surface area contributed by atoms with Crippen LogP contribution >= 0.6 is 0 Å². The van der Waals surface area contributed by atoms with Crippen molar-refractivity contribution >= 4 is 0 Å². The second-order valence-electron chi connectivity index (χ2n) is 2.74. The summed E-state index contributed by atoms with van der Waals surface area (Å²) >= 11 is 0. The summed E-state index contributed by atoms with van der Waals surface area (Å²) in [5.41, 5.74) is 0. The summed E-state index contributed by atoms with van der Waals surface area (Å²) in [6, 6.07) is 0. The Balaban J connectivity index is 2.23. The van der Waals surface area contributed by atoms with Gasteiger partial charge in [0.05, 0.1) is 6.10 Å². The van der Waals surface area contributed by atoms with Crippen molar-refractivity contribution in [2.24, 2.45) is 0 Å². The molecule has 0 saturated carbocycles. The van der Waals surface area contributed by atoms with E-state index in [2.05, 4.69) is 0 Å². The molecule has 4 heteroatoms. The van der Waals surface area contributed by atoms with E-state index in [0.29, 0.717) is 6.42 Å². The van der Waals surface area contributed by atoms with Crippen LogP contribution in [0.1, 0.15) is 19.3 Å². The van der Waals surface area contributed by atoms with Gasteiger partial charge in [0.15, 0.2) is 0 Å². The van der Waals surface area contributed by atoms with E-state index in [9.17, 15) is 13.2 Å². The third kappa shape index (κ3) is 3.10. The van der Waals surface area contributed by atoms with Gasteiger partial charge in [-0.2, -0.15) is 0 Å². The molecule has 0 amide bonds. The second kappa shape index (κ2) is 3.95. The van der Waals surface area contributed by atoms with Gasteiger partial charge < -0.3 is 4.74 Å². The van der Waals surface area contributed by atoms with Gasteiger partial charge in [-0.25, -0.2) is 13.2 Å². The van der Waals surface area contributed by atoms with Crippen molar-refractivity contribution in [2.45, 2.75) is 38.0 Å². The molecule has 1 aliphatic rings. The van der Waals surface area contributed by atoms with E-state index >= 15 is 0 Å². The SMILES string of the molecule is FC(F)C[C@@H]1CC(F)CCO1. The fourth-order valence-corrected chi connectivity index (χ4v) is 1.20. The zero-order valence-corrected chi connectivity index (χ0v) is 6.10. The van der Waals surface area contributed by atoms with Crippen LogP contribution in [0.25, 0.3) is 0 Å². The molecule has 0 aromatic carbocycles. The van der Waals surface area contributed by atoms with E-state index in [1.54, 1.807) is 0 Å². The Morgan fingerprint density at radius 2 is 2.18 bits per heavy atom. The molecule has 0 aromatic rings. The monoisotopic (exact) mass is 168 g/mol. The molecular weight excluding hydrogens is 157 g/mol. The smallest absolute Gasteiger partial charge is 0.241 e. The van der Waals surface area contributed by atoms with Crippen LogP contribution in [-0.4, -0.2) is 25.3 Å². The molecule has 1 unspecified atom stereocenters. The Kier molecular flexibility index (Phi) is 3.17. The van der Waals surface area contributed by atoms with Crippen LogP contribution in [0.15, 0.2) is 0 Å². The first kappa shape index (κ1) is 8.84. The molecule has 0 aromatic heterocycles. The normalized spacial score (nSPS) is 32.7. The quantitative estimate of drug-likeness (QED) is 0.613. The molecule has 66 valence electrons. The minimum Gasteiger partial charge on any atom is -0.378 e. The standard InChI is InChI=1S/C7H11F3O/c8-5-1-2-11-6(3-5)4-7(9)10/h5-7H,1-4H2/t5?,6-/m0/s1. The molecule has 1 fully saturated rings. The zero-order chi connectivity index (χ0) is 8.27. The lowest BCUT2D eigenvalue weighted by atomic mass is 10.1. The van der Waals surface area contributed by atoms with Gasteiger partial charge in [0.2, 0.25) is 6.43 Å². The summed E-state index contributed by atoms with van der Waals surface area (Å²) in [7, 11) is 0. The molecule has 1 saturated heterocycles. The van der Waals surface area contributed by atoms with Crippen molar-refractivity contribution in [3.05, 3.63) is 0 Å². The van der Waals surface area contributed by atoms with Gasteiger partial charge in [0, 0.05) is 25.9 Å². The summed E-state index contributed by atoms with van der Waals surface area (Å²) in [6.45, 7) is 0.276. The number of ether oxygens (including phenoxy) is 1. The van der Waals surface area contributed by atoms with Crippen LogP contribution in [0, 0.1) is 0 Å². The van der Waals surface area contributed by atoms with Crippen LogP contribution in [0.3, 0.4) is 0 Å². The van der Waals surface area contributed by atoms with Gasteiger partial charge in [-0.3, -0.25) is 0 Å². The first-order chi connectivity index (χ1) is 5.18. The van der Waals surface area contributed by atoms with E-state index < -0.39 is 18.7 Å². The summed E-state index contributed by atoms with van der Waals surface area (Å²) in [6.07, 6.45) is -3.76. The predicted octanol–water partition coefficient (Wildman–Crippen LogP) is 2.16. The van der Waals surface area contributed by atoms with Crippen LogP contribution in [0.2, 0.25) is 0 Å². The highest BCUT2D eigenvalue weighted by atomic mass is 19.3. The van der Waals surface area contributed by atoms with Crippen molar-refractivity contribution in [1.29, 1.82) is 0 Å². The van der Waals surface area contributed by atoms with Gasteiger partial charge in [-0.15, -0.1) is 0 Å². The van der Waals surface area contributed by atoms with Gasteiger partial charge in [-0.1, -0.05) is 0 Å². The molecule has 0 aliphatic carbocycles. The summed E-state index contributed by atoms with van der Waals surface area (Å²) < 4.78 is 41.0. The highest BCUT2D eigenvalue weighted by molar-refractivity contribution is 4.71. The number of halogens is 3. The molecule has 1 heterocycles. The number of rotatable bonds is 2. The molecular formula is C7H11F3O. The maximum Gasteiger partial charge on any atom is 0.241 e. The van der Waals surface area contributed by atoms with E-state index in [0.717, 1.165) is 0 Å². The molecule has 1 nitrogen and oxygen atoms in total. The number of hydrogen-bond donors (Lipinski definition) is 0. The second-order valence-corrected chi connectivity index (χ2v) is 2.74. The molecule has 1 aliphatic heterocycles. The summed E-state index contributed by atoms with van der Waals surface area (Å²) in [5.74, 6) is 0. The predicted molar refractivity (Wildman–Crippen MR) is 34.5 cm³/mol. The highest BCUT2D eigenvalue weighted by Crippen LogP contribution is 2.21. The average molecular weight is 168 g/mol. The van der Waals surface area contributed by atoms with E-state index in [4.69, 9.17) is 4.74 Å². The van der Waals surface area contributed by atoms with Crippen molar-refractivity contribution in [2.75, 3.05) is 6.61 Å². The van der Waals surface area contributed by atoms with Crippen LogP contribution in [0.4, 0.5) is 13.2 Å². The zero-order valence-electron chi connectivity index (χ0n) is 6.10. The highest BCUT2D eigenvalue weighted by Gasteiger charge is 2.24. The van der Waals surface area contributed by atoms with E-state index in [1.165, 1.54) is 0 Å². The first-order valence-electron chi connectivity index (χ1n) is 3.72. The average Bonchev–Trinajstić information content (AvgIpc) is 1.85. The lowest BCUT2D eigenvalue weighted by Crippen LogP contribution is -2.28. The topological polar surface area (TPSA) is 9.23 Å². The van der Waals surface area contributed by atoms with Crippen molar-refractivity contribution in [3.8, 4) is 0 Å². The Bertz CT molecular complexity index is 116.